The topological polar surface area (TPSA) is 125 Å². The highest BCUT2D eigenvalue weighted by atomic mass is 32.2. The molecule has 0 saturated carbocycles. The van der Waals surface area contributed by atoms with Crippen LogP contribution in [0.3, 0.4) is 0 Å². The highest BCUT2D eigenvalue weighted by molar-refractivity contribution is 7.93. The smallest absolute Gasteiger partial charge is 0.323 e. The molecular formula is C19H15N3O6S. The number of aromatic nitrogens is 2. The Hall–Kier alpha value is -3.79. The first kappa shape index (κ1) is 18.6. The van der Waals surface area contributed by atoms with E-state index in [0.717, 1.165) is 0 Å². The summed E-state index contributed by atoms with van der Waals surface area (Å²) in [4.78, 5) is 29.4. The molecule has 2 aromatic carbocycles. The molecule has 0 aliphatic heterocycles. The quantitative estimate of drug-likeness (QED) is 0.518. The van der Waals surface area contributed by atoms with Crippen LogP contribution in [0.4, 0.5) is 5.69 Å². The molecule has 2 aromatic heterocycles. The summed E-state index contributed by atoms with van der Waals surface area (Å²) < 4.78 is 37.7. The van der Waals surface area contributed by atoms with Gasteiger partial charge in [-0.2, -0.15) is 4.31 Å². The number of ether oxygens (including phenoxy) is 1. The summed E-state index contributed by atoms with van der Waals surface area (Å²) in [5, 5.41) is 0. The average molecular weight is 413 g/mol. The van der Waals surface area contributed by atoms with Crippen LogP contribution in [0.5, 0.6) is 5.75 Å². The van der Waals surface area contributed by atoms with Gasteiger partial charge in [-0.15, -0.1) is 0 Å². The van der Waals surface area contributed by atoms with Gasteiger partial charge in [0, 0.05) is 0 Å². The van der Waals surface area contributed by atoms with Crippen LogP contribution in [0, 0.1) is 0 Å². The number of aromatic amines is 2. The average Bonchev–Trinajstić information content (AvgIpc) is 3.36. The van der Waals surface area contributed by atoms with Crippen LogP contribution in [0.1, 0.15) is 10.6 Å². The van der Waals surface area contributed by atoms with Gasteiger partial charge in [-0.3, -0.25) is 4.79 Å². The molecule has 0 spiro atoms. The molecule has 10 heteroatoms. The molecule has 29 heavy (non-hydrogen) atoms. The van der Waals surface area contributed by atoms with Crippen molar-refractivity contribution in [3.05, 3.63) is 77.1 Å². The van der Waals surface area contributed by atoms with Crippen molar-refractivity contribution in [1.29, 1.82) is 0 Å². The molecule has 1 amide bonds. The van der Waals surface area contributed by atoms with Gasteiger partial charge < -0.3 is 19.1 Å². The highest BCUT2D eigenvalue weighted by Crippen LogP contribution is 2.28. The van der Waals surface area contributed by atoms with Gasteiger partial charge in [0.1, 0.15) is 5.75 Å². The number of hydrogen-bond acceptors (Lipinski definition) is 6. The second kappa shape index (κ2) is 6.99. The van der Waals surface area contributed by atoms with E-state index < -0.39 is 21.6 Å². The number of imidazole rings is 1. The van der Waals surface area contributed by atoms with Crippen molar-refractivity contribution in [3.63, 3.8) is 0 Å². The lowest BCUT2D eigenvalue weighted by atomic mass is 10.3. The number of amides is 1. The van der Waals surface area contributed by atoms with Gasteiger partial charge in [-0.25, -0.2) is 13.2 Å². The zero-order valence-electron chi connectivity index (χ0n) is 15.1. The lowest BCUT2D eigenvalue weighted by Crippen LogP contribution is -2.36. The Morgan fingerprint density at radius 2 is 1.76 bits per heavy atom. The van der Waals surface area contributed by atoms with Crippen molar-refractivity contribution in [3.8, 4) is 5.75 Å². The number of methoxy groups -OCH3 is 1. The van der Waals surface area contributed by atoms with E-state index in [4.69, 9.17) is 9.15 Å². The number of nitrogens with one attached hydrogen (secondary N) is 2. The maximum Gasteiger partial charge on any atom is 0.323 e. The number of sulfonamides is 1. The molecule has 0 unspecified atom stereocenters. The van der Waals surface area contributed by atoms with Gasteiger partial charge in [0.2, 0.25) is 0 Å². The van der Waals surface area contributed by atoms with Gasteiger partial charge >= 0.3 is 11.6 Å². The fourth-order valence-corrected chi connectivity index (χ4v) is 4.29. The fourth-order valence-electron chi connectivity index (χ4n) is 2.86. The van der Waals surface area contributed by atoms with Crippen LogP contribution in [-0.4, -0.2) is 31.4 Å². The molecule has 0 bridgehead atoms. The first-order chi connectivity index (χ1) is 13.9. The van der Waals surface area contributed by atoms with Gasteiger partial charge in [-0.05, 0) is 54.6 Å². The van der Waals surface area contributed by atoms with E-state index in [-0.39, 0.29) is 16.3 Å². The van der Waals surface area contributed by atoms with E-state index in [9.17, 15) is 18.0 Å². The lowest BCUT2D eigenvalue weighted by molar-refractivity contribution is 0.0979. The predicted molar refractivity (Wildman–Crippen MR) is 105 cm³/mol. The predicted octanol–water partition coefficient (Wildman–Crippen LogP) is 2.49. The molecular weight excluding hydrogens is 398 g/mol. The summed E-state index contributed by atoms with van der Waals surface area (Å²) >= 11 is 0. The minimum Gasteiger partial charge on any atom is -0.497 e. The Morgan fingerprint density at radius 1 is 1.03 bits per heavy atom. The molecule has 4 rings (SSSR count). The zero-order valence-corrected chi connectivity index (χ0v) is 15.9. The number of hydrogen-bond donors (Lipinski definition) is 2. The van der Waals surface area contributed by atoms with E-state index in [1.165, 1.54) is 55.8 Å². The first-order valence-electron chi connectivity index (χ1n) is 8.39. The summed E-state index contributed by atoms with van der Waals surface area (Å²) in [7, 11) is -2.86. The molecule has 0 fully saturated rings. The number of carbonyl (C=O) groups is 1. The van der Waals surface area contributed by atoms with Crippen molar-refractivity contribution < 1.29 is 22.4 Å². The Kier molecular flexibility index (Phi) is 4.47. The van der Waals surface area contributed by atoms with Crippen molar-refractivity contribution in [2.45, 2.75) is 4.90 Å². The number of rotatable bonds is 5. The van der Waals surface area contributed by atoms with Gasteiger partial charge in [-0.1, -0.05) is 0 Å². The molecule has 0 saturated heterocycles. The minimum absolute atomic E-state index is 0.106. The van der Waals surface area contributed by atoms with Crippen LogP contribution in [0.25, 0.3) is 11.0 Å². The maximum atomic E-state index is 13.4. The van der Waals surface area contributed by atoms with E-state index in [1.54, 1.807) is 12.1 Å². The number of carbonyl (C=O) groups excluding carboxylic acids is 1. The standard InChI is InChI=1S/C19H15N3O6S/c1-27-13-6-4-12(5-7-13)22(18(23)17-3-2-10-28-17)29(25,26)14-8-9-15-16(11-14)21-19(24)20-15/h2-11H,1H3,(H2,20,21,24). The molecule has 0 aliphatic rings. The number of nitrogens with zero attached hydrogens (tertiary/aromatic N) is 1. The molecule has 4 aromatic rings. The van der Waals surface area contributed by atoms with Gasteiger partial charge in [0.25, 0.3) is 10.0 Å². The number of anilines is 1. The molecule has 0 atom stereocenters. The highest BCUT2D eigenvalue weighted by Gasteiger charge is 2.33. The number of benzene rings is 2. The van der Waals surface area contributed by atoms with Gasteiger partial charge in [0.15, 0.2) is 5.76 Å². The third-order valence-electron chi connectivity index (χ3n) is 4.25. The Balaban J connectivity index is 1.87. The van der Waals surface area contributed by atoms with Crippen molar-refractivity contribution in [2.75, 3.05) is 11.4 Å². The second-order valence-electron chi connectivity index (χ2n) is 6.04. The van der Waals surface area contributed by atoms with Gasteiger partial charge in [0.05, 0.1) is 35.0 Å². The molecule has 2 N–H and O–H groups in total. The summed E-state index contributed by atoms with van der Waals surface area (Å²) in [5.41, 5.74) is 0.390. The van der Waals surface area contributed by atoms with Crippen molar-refractivity contribution in [1.82, 2.24) is 9.97 Å². The van der Waals surface area contributed by atoms with E-state index in [1.807, 2.05) is 0 Å². The van der Waals surface area contributed by atoms with Crippen molar-refractivity contribution in [2.24, 2.45) is 0 Å². The Morgan fingerprint density at radius 3 is 2.41 bits per heavy atom. The second-order valence-corrected chi connectivity index (χ2v) is 7.82. The molecule has 2 heterocycles. The van der Waals surface area contributed by atoms with Crippen LogP contribution in [-0.2, 0) is 10.0 Å². The Bertz CT molecular complexity index is 1330. The van der Waals surface area contributed by atoms with Crippen LogP contribution < -0.4 is 14.7 Å². The lowest BCUT2D eigenvalue weighted by Gasteiger charge is -2.22. The maximum absolute atomic E-state index is 13.4. The molecule has 0 radical (unpaired) electrons. The van der Waals surface area contributed by atoms with Crippen LogP contribution in [0.15, 0.2) is 75.0 Å². The minimum atomic E-state index is -4.33. The Labute approximate surface area is 164 Å². The third-order valence-corrected chi connectivity index (χ3v) is 5.96. The third kappa shape index (κ3) is 3.29. The van der Waals surface area contributed by atoms with E-state index in [2.05, 4.69) is 9.97 Å². The van der Waals surface area contributed by atoms with Crippen LogP contribution in [0.2, 0.25) is 0 Å². The summed E-state index contributed by atoms with van der Waals surface area (Å²) in [6.45, 7) is 0. The van der Waals surface area contributed by atoms with Crippen molar-refractivity contribution >= 4 is 32.7 Å². The van der Waals surface area contributed by atoms with E-state index >= 15 is 0 Å². The normalized spacial score (nSPS) is 11.5. The fraction of sp³-hybridized carbons (Fsp3) is 0.0526. The monoisotopic (exact) mass is 413 g/mol. The molecule has 0 aliphatic carbocycles. The molecule has 148 valence electrons. The van der Waals surface area contributed by atoms with Crippen LogP contribution >= 0.6 is 0 Å². The zero-order chi connectivity index (χ0) is 20.6. The molecule has 9 nitrogen and oxygen atoms in total. The van der Waals surface area contributed by atoms with E-state index in [0.29, 0.717) is 21.1 Å². The number of fused-ring (bicyclic) bond motifs is 1. The summed E-state index contributed by atoms with van der Waals surface area (Å²) in [5.74, 6) is -0.494. The SMILES string of the molecule is COc1ccc(N(C(=O)c2ccco2)S(=O)(=O)c2ccc3[nH]c(=O)[nH]c3c2)cc1. The summed E-state index contributed by atoms with van der Waals surface area (Å²) in [6.07, 6.45) is 1.28. The first-order valence-corrected chi connectivity index (χ1v) is 9.83. The number of H-pyrrole nitrogens is 2. The largest absolute Gasteiger partial charge is 0.497 e. The number of furan rings is 1. The summed E-state index contributed by atoms with van der Waals surface area (Å²) in [6, 6.07) is 12.9.